The van der Waals surface area contributed by atoms with Crippen LogP contribution in [0.15, 0.2) is 24.3 Å². The van der Waals surface area contributed by atoms with Crippen LogP contribution < -0.4 is 5.32 Å². The number of rotatable bonds is 7. The van der Waals surface area contributed by atoms with E-state index in [1.54, 1.807) is 4.90 Å². The number of aryl methyl sites for hydroxylation is 1. The average Bonchev–Trinajstić information content (AvgIpc) is 3.50. The topological polar surface area (TPSA) is 93.0 Å². The molecule has 8 heteroatoms. The molecule has 0 radical (unpaired) electrons. The second kappa shape index (κ2) is 9.36. The maximum absolute atomic E-state index is 13.1. The zero-order chi connectivity index (χ0) is 20.9. The van der Waals surface area contributed by atoms with Gasteiger partial charge < -0.3 is 10.2 Å². The van der Waals surface area contributed by atoms with Crippen LogP contribution in [0.4, 0.5) is 0 Å². The number of carbonyl (C=O) groups is 2. The van der Waals surface area contributed by atoms with Crippen molar-refractivity contribution < 1.29 is 9.59 Å². The van der Waals surface area contributed by atoms with Gasteiger partial charge in [-0.2, -0.15) is 4.80 Å². The number of carbonyl (C=O) groups excluding carboxylic acids is 2. The van der Waals surface area contributed by atoms with Crippen LogP contribution in [0.3, 0.4) is 0 Å². The zero-order valence-corrected chi connectivity index (χ0v) is 17.6. The summed E-state index contributed by atoms with van der Waals surface area (Å²) >= 11 is 0. The van der Waals surface area contributed by atoms with Crippen LogP contribution >= 0.6 is 0 Å². The van der Waals surface area contributed by atoms with E-state index in [0.29, 0.717) is 5.82 Å². The molecule has 30 heavy (non-hydrogen) atoms. The summed E-state index contributed by atoms with van der Waals surface area (Å²) in [4.78, 5) is 28.7. The van der Waals surface area contributed by atoms with Gasteiger partial charge in [0.05, 0.1) is 6.54 Å². The molecule has 0 unspecified atom stereocenters. The summed E-state index contributed by atoms with van der Waals surface area (Å²) in [5, 5.41) is 15.6. The minimum absolute atomic E-state index is 0.00787. The largest absolute Gasteiger partial charge is 0.352 e. The SMILES string of the molecule is Cc1ccc(-c2nnn(CC(=O)N(CC(=O)NC3CCCC3)C3CCCC3)n2)cc1. The first-order chi connectivity index (χ1) is 14.6. The molecule has 8 nitrogen and oxygen atoms in total. The number of tetrazole rings is 1. The Bertz CT molecular complexity index is 866. The van der Waals surface area contributed by atoms with Crippen LogP contribution in [0.25, 0.3) is 11.4 Å². The first-order valence-electron chi connectivity index (χ1n) is 11.0. The highest BCUT2D eigenvalue weighted by Crippen LogP contribution is 2.24. The van der Waals surface area contributed by atoms with Crippen LogP contribution in [0.2, 0.25) is 0 Å². The van der Waals surface area contributed by atoms with Gasteiger partial charge in [-0.1, -0.05) is 55.5 Å². The molecule has 2 fully saturated rings. The van der Waals surface area contributed by atoms with Gasteiger partial charge >= 0.3 is 0 Å². The van der Waals surface area contributed by atoms with Crippen LogP contribution in [-0.4, -0.2) is 55.5 Å². The van der Waals surface area contributed by atoms with Gasteiger partial charge in [0, 0.05) is 17.6 Å². The summed E-state index contributed by atoms with van der Waals surface area (Å²) in [7, 11) is 0. The fourth-order valence-corrected chi connectivity index (χ4v) is 4.48. The molecule has 2 amide bonds. The molecule has 2 aromatic rings. The van der Waals surface area contributed by atoms with Gasteiger partial charge in [0.2, 0.25) is 17.6 Å². The van der Waals surface area contributed by atoms with Gasteiger partial charge in [-0.05, 0) is 37.8 Å². The number of aromatic nitrogens is 4. The van der Waals surface area contributed by atoms with E-state index in [-0.39, 0.29) is 37.0 Å². The Morgan fingerprint density at radius 1 is 1.07 bits per heavy atom. The monoisotopic (exact) mass is 410 g/mol. The summed E-state index contributed by atoms with van der Waals surface area (Å²) in [6.45, 7) is 2.12. The smallest absolute Gasteiger partial charge is 0.246 e. The molecule has 0 aliphatic heterocycles. The maximum atomic E-state index is 13.1. The van der Waals surface area contributed by atoms with Crippen molar-refractivity contribution in [3.63, 3.8) is 0 Å². The van der Waals surface area contributed by atoms with Crippen molar-refractivity contribution in [2.24, 2.45) is 0 Å². The predicted octanol–water partition coefficient (Wildman–Crippen LogP) is 2.48. The molecule has 160 valence electrons. The molecule has 4 rings (SSSR count). The van der Waals surface area contributed by atoms with Crippen molar-refractivity contribution in [2.75, 3.05) is 6.54 Å². The molecule has 0 saturated heterocycles. The van der Waals surface area contributed by atoms with Crippen molar-refractivity contribution >= 4 is 11.8 Å². The molecule has 2 aliphatic rings. The summed E-state index contributed by atoms with van der Waals surface area (Å²) in [6, 6.07) is 8.24. The number of nitrogens with one attached hydrogen (secondary N) is 1. The van der Waals surface area contributed by atoms with E-state index in [0.717, 1.165) is 62.5 Å². The molecule has 1 aromatic heterocycles. The Hall–Kier alpha value is -2.77. The lowest BCUT2D eigenvalue weighted by molar-refractivity contribution is -0.139. The first-order valence-corrected chi connectivity index (χ1v) is 11.0. The normalized spacial score (nSPS) is 17.4. The number of benzene rings is 1. The minimum atomic E-state index is -0.128. The number of nitrogens with zero attached hydrogens (tertiary/aromatic N) is 5. The van der Waals surface area contributed by atoms with E-state index in [1.807, 2.05) is 31.2 Å². The molecular formula is C22H30N6O2. The van der Waals surface area contributed by atoms with Gasteiger partial charge in [-0.3, -0.25) is 9.59 Å². The Morgan fingerprint density at radius 2 is 1.73 bits per heavy atom. The minimum Gasteiger partial charge on any atom is -0.352 e. The van der Waals surface area contributed by atoms with Crippen LogP contribution in [0, 0.1) is 6.92 Å². The third-order valence-corrected chi connectivity index (χ3v) is 6.16. The van der Waals surface area contributed by atoms with E-state index in [4.69, 9.17) is 0 Å². The lowest BCUT2D eigenvalue weighted by atomic mass is 10.1. The number of hydrogen-bond acceptors (Lipinski definition) is 5. The second-order valence-electron chi connectivity index (χ2n) is 8.52. The number of hydrogen-bond donors (Lipinski definition) is 1. The van der Waals surface area contributed by atoms with Gasteiger partial charge in [0.15, 0.2) is 0 Å². The van der Waals surface area contributed by atoms with Crippen molar-refractivity contribution in [3.05, 3.63) is 29.8 Å². The molecule has 0 spiro atoms. The average molecular weight is 411 g/mol. The van der Waals surface area contributed by atoms with Crippen molar-refractivity contribution in [1.29, 1.82) is 0 Å². The lowest BCUT2D eigenvalue weighted by Gasteiger charge is -2.28. The zero-order valence-electron chi connectivity index (χ0n) is 17.6. The van der Waals surface area contributed by atoms with Gasteiger partial charge in [-0.15, -0.1) is 10.2 Å². The summed E-state index contributed by atoms with van der Waals surface area (Å²) < 4.78 is 0. The molecular weight excluding hydrogens is 380 g/mol. The summed E-state index contributed by atoms with van der Waals surface area (Å²) in [6.07, 6.45) is 8.48. The molecule has 2 saturated carbocycles. The van der Waals surface area contributed by atoms with Gasteiger partial charge in [-0.25, -0.2) is 0 Å². The third-order valence-electron chi connectivity index (χ3n) is 6.16. The molecule has 1 aromatic carbocycles. The van der Waals surface area contributed by atoms with Gasteiger partial charge in [0.1, 0.15) is 6.54 Å². The van der Waals surface area contributed by atoms with E-state index in [1.165, 1.54) is 4.80 Å². The molecule has 2 aliphatic carbocycles. The fourth-order valence-electron chi connectivity index (χ4n) is 4.48. The Morgan fingerprint density at radius 3 is 2.43 bits per heavy atom. The standard InChI is InChI=1S/C22H30N6O2/c1-16-10-12-17(13-11-16)22-24-26-28(25-22)15-21(30)27(19-8-4-5-9-19)14-20(29)23-18-6-2-3-7-18/h10-13,18-19H,2-9,14-15H2,1H3,(H,23,29). The molecule has 1 heterocycles. The second-order valence-corrected chi connectivity index (χ2v) is 8.52. The number of amides is 2. The molecule has 0 bridgehead atoms. The summed E-state index contributed by atoms with van der Waals surface area (Å²) in [5.41, 5.74) is 2.02. The summed E-state index contributed by atoms with van der Waals surface area (Å²) in [5.74, 6) is 0.305. The van der Waals surface area contributed by atoms with Crippen molar-refractivity contribution in [1.82, 2.24) is 30.4 Å². The van der Waals surface area contributed by atoms with Crippen molar-refractivity contribution in [3.8, 4) is 11.4 Å². The van der Waals surface area contributed by atoms with Crippen LogP contribution in [0.5, 0.6) is 0 Å². The molecule has 0 atom stereocenters. The van der Waals surface area contributed by atoms with Crippen molar-refractivity contribution in [2.45, 2.75) is 76.9 Å². The highest BCUT2D eigenvalue weighted by atomic mass is 16.2. The first kappa shape index (κ1) is 20.5. The quantitative estimate of drug-likeness (QED) is 0.757. The Kier molecular flexibility index (Phi) is 6.40. The van der Waals surface area contributed by atoms with Crippen LogP contribution in [0.1, 0.15) is 56.9 Å². The van der Waals surface area contributed by atoms with Crippen LogP contribution in [-0.2, 0) is 16.1 Å². The van der Waals surface area contributed by atoms with E-state index < -0.39 is 0 Å². The lowest BCUT2D eigenvalue weighted by Crippen LogP contribution is -2.48. The van der Waals surface area contributed by atoms with E-state index >= 15 is 0 Å². The molecule has 1 N–H and O–H groups in total. The Labute approximate surface area is 177 Å². The van der Waals surface area contributed by atoms with E-state index in [2.05, 4.69) is 20.7 Å². The maximum Gasteiger partial charge on any atom is 0.246 e. The third kappa shape index (κ3) is 5.04. The van der Waals surface area contributed by atoms with E-state index in [9.17, 15) is 9.59 Å². The highest BCUT2D eigenvalue weighted by Gasteiger charge is 2.30. The van der Waals surface area contributed by atoms with Gasteiger partial charge in [0.25, 0.3) is 0 Å². The predicted molar refractivity (Wildman–Crippen MR) is 112 cm³/mol. The Balaban J connectivity index is 1.41. The fraction of sp³-hybridized carbons (Fsp3) is 0.591. The highest BCUT2D eigenvalue weighted by molar-refractivity contribution is 5.85.